The van der Waals surface area contributed by atoms with Crippen LogP contribution >= 0.6 is 0 Å². The molecule has 55 heteroatoms. The van der Waals surface area contributed by atoms with Crippen molar-refractivity contribution >= 4 is 479 Å². The normalized spacial score (nSPS) is 12.4. The third-order valence-electron chi connectivity index (χ3n) is 10.5. The van der Waals surface area contributed by atoms with E-state index in [4.69, 9.17) is 44.8 Å². The van der Waals surface area contributed by atoms with Crippen LogP contribution in [-0.2, 0) is 497 Å². The number of hydrogen-bond acceptors (Lipinski definition) is 9. The van der Waals surface area contributed by atoms with Crippen LogP contribution in [-0.4, -0.2) is 22.0 Å². The molecule has 0 fully saturated rings. The lowest BCUT2D eigenvalue weighted by molar-refractivity contribution is -0.108. The summed E-state index contributed by atoms with van der Waals surface area (Å²) in [5.74, 6) is 1.47. The van der Waals surface area contributed by atoms with Gasteiger partial charge in [-0.3, -0.25) is 4.79 Å². The molecule has 4 aromatic rings. The van der Waals surface area contributed by atoms with Gasteiger partial charge in [0.05, 0.1) is 6.33 Å². The molecule has 4 nitrogen and oxygen atoms in total. The van der Waals surface area contributed by atoms with Crippen molar-refractivity contribution < 1.29 is 9.59 Å². The second-order valence-electron chi connectivity index (χ2n) is 15.8. The van der Waals surface area contributed by atoms with Crippen molar-refractivity contribution in [1.82, 2.24) is 9.97 Å². The highest BCUT2D eigenvalue weighted by Gasteiger charge is 2.22. The van der Waals surface area contributed by atoms with Gasteiger partial charge in [-0.25, -0.2) is 4.98 Å². The molecule has 0 saturated heterocycles. The van der Waals surface area contributed by atoms with Crippen LogP contribution in [0.1, 0.15) is 117 Å². The van der Waals surface area contributed by atoms with Gasteiger partial charge in [-0.15, -0.1) is 0 Å². The van der Waals surface area contributed by atoms with Crippen LogP contribution in [0.4, 0.5) is 0 Å². The fourth-order valence-corrected chi connectivity index (χ4v) is 114. The standard InChI is InChI=1S/C15H18N2.C13H16O.C11H12O.S21.S18.S12/c1-11-5-6-12-3-2-4-13(15(12)7-11)8-14-9-16-10-17-14;1-10-5-6-11-3-2-4-12(7-8-14)13(11)9-10;1-8-5-6-9-3-2-4-11(12)10(9)7-8;1-3-5-7-9-11-13-15-17-19-21-20-18-16-14-12-10-8-6-4-2;1-3-5-7-9-11-13-15-17-18-16-14-12-10-8-6-4-2;1-3-5-7-9-11-12-10-8-6-4-2/h5-7,9-10,13H,2-4,8H2,1H3,(H,16,17);5-6,8-9,12H,2-4,7H2,1H3;5-7H,2-4H2,1H3;;;. The van der Waals surface area contributed by atoms with Crippen molar-refractivity contribution in [1.29, 1.82) is 0 Å². The summed E-state index contributed by atoms with van der Waals surface area (Å²) in [5.41, 5.74) is 13.3. The molecule has 0 bridgehead atoms. The molecule has 530 valence electrons. The van der Waals surface area contributed by atoms with Crippen molar-refractivity contribution in [3.05, 3.63) is 123 Å². The van der Waals surface area contributed by atoms with Gasteiger partial charge in [-0.2, -0.15) is 0 Å². The minimum absolute atomic E-state index is 0.319. The summed E-state index contributed by atoms with van der Waals surface area (Å²) >= 11 is 28.4. The first kappa shape index (κ1) is 97.5. The molecular formula is C39H46N2O2S51. The largest absolute Gasteiger partial charge is 0.348 e. The molecule has 0 amide bonds. The number of Topliss-reactive ketones (excluding diaryl/α,β-unsaturated/α-hetero) is 1. The third-order valence-corrected chi connectivity index (χ3v) is 104. The number of hydrogen-bond donors (Lipinski definition) is 1. The maximum atomic E-state index is 11.4. The smallest absolute Gasteiger partial charge is 0.163 e. The number of H-pyrrole nitrogens is 1. The molecule has 3 aliphatic rings. The number of aryl methyl sites for hydroxylation is 6. The lowest BCUT2D eigenvalue weighted by Crippen LogP contribution is -2.12. The first-order chi connectivity index (χ1) is 46.1. The van der Waals surface area contributed by atoms with Crippen LogP contribution in [0.15, 0.2) is 67.1 Å². The third kappa shape index (κ3) is 54.9. The van der Waals surface area contributed by atoms with Gasteiger partial charge in [-0.05, 0) is 124 Å². The summed E-state index contributed by atoms with van der Waals surface area (Å²) in [6, 6.07) is 19.7. The zero-order chi connectivity index (χ0) is 68.0. The summed E-state index contributed by atoms with van der Waals surface area (Å²) in [4.78, 5) is 29.3. The molecule has 94 heavy (non-hydrogen) atoms. The van der Waals surface area contributed by atoms with Gasteiger partial charge in [0, 0.05) is 497 Å². The SMILES string of the molecule is Cc1ccc2c(c1)C(=O)CCC2.Cc1ccc2c(c1)C(CC=O)CCC2.Cc1ccc2c(c1)C(Cc1cnc[nH]1)CCC2.S=S=S=S=S=S=S=S=S=S=S=S.S=S=S=S=S=S=S=S=S=S=S=S=S=S=S=S=S=S.S=S=S=S=S=S=S=S=S=S=S=S=S=S=S=S=S=S=S=S=S. The van der Waals surface area contributed by atoms with Crippen LogP contribution in [0.3, 0.4) is 0 Å². The van der Waals surface area contributed by atoms with Crippen molar-refractivity contribution in [2.24, 2.45) is 0 Å². The first-order valence-corrected chi connectivity index (χ1v) is 88.1. The number of aromatic nitrogens is 2. The van der Waals surface area contributed by atoms with E-state index in [2.05, 4.69) is 94.7 Å². The van der Waals surface area contributed by atoms with Gasteiger partial charge in [0.1, 0.15) is 6.29 Å². The second kappa shape index (κ2) is 73.2. The van der Waals surface area contributed by atoms with E-state index in [9.17, 15) is 9.59 Å². The Morgan fingerprint density at radius 3 is 1.01 bits per heavy atom. The summed E-state index contributed by atoms with van der Waals surface area (Å²) in [6.45, 7) is 6.33. The maximum absolute atomic E-state index is 11.4. The Bertz CT molecular complexity index is 5250. The fourth-order valence-electron chi connectivity index (χ4n) is 7.45. The molecule has 0 aliphatic heterocycles. The highest BCUT2D eigenvalue weighted by Crippen LogP contribution is 2.35. The molecule has 2 unspecified atom stereocenters. The van der Waals surface area contributed by atoms with Gasteiger partial charge in [0.15, 0.2) is 5.78 Å². The zero-order valence-electron chi connectivity index (χ0n) is 46.9. The zero-order valence-corrected chi connectivity index (χ0v) is 88.6. The number of ketones is 1. The Morgan fingerprint density at radius 2 is 0.691 bits per heavy atom. The lowest BCUT2D eigenvalue weighted by Gasteiger charge is -2.25. The van der Waals surface area contributed by atoms with Crippen LogP contribution < -0.4 is 0 Å². The average molecular weight is 2210 g/mol. The predicted octanol–water partition coefficient (Wildman–Crippen LogP) is 8.78. The van der Waals surface area contributed by atoms with Crippen LogP contribution in [0.25, 0.3) is 0 Å². The number of aromatic amines is 1. The van der Waals surface area contributed by atoms with Crippen molar-refractivity contribution in [2.75, 3.05) is 0 Å². The fraction of sp³-hybridized carbons (Fsp3) is 0.410. The quantitative estimate of drug-likeness (QED) is 0.202. The number of imidazole rings is 1. The van der Waals surface area contributed by atoms with Crippen molar-refractivity contribution in [3.63, 3.8) is 0 Å². The predicted molar refractivity (Wildman–Crippen MR) is 551 cm³/mol. The van der Waals surface area contributed by atoms with Gasteiger partial charge in [-0.1, -0.05) is 65.2 Å². The van der Waals surface area contributed by atoms with Crippen LogP contribution in [0, 0.1) is 20.8 Å². The van der Waals surface area contributed by atoms with Gasteiger partial charge in [0.2, 0.25) is 0 Å². The molecule has 0 spiro atoms. The average Bonchev–Trinajstić information content (AvgIpc) is 0.995. The van der Waals surface area contributed by atoms with E-state index in [0.717, 1.165) is 37.5 Å². The molecule has 1 heterocycles. The summed E-state index contributed by atoms with van der Waals surface area (Å²) in [6.07, 6.45) is 16.8. The Morgan fingerprint density at radius 1 is 0.394 bits per heavy atom. The summed E-state index contributed by atoms with van der Waals surface area (Å²) in [5, 5.41) is 0. The minimum atomic E-state index is 0.319. The van der Waals surface area contributed by atoms with E-state index >= 15 is 0 Å². The maximum Gasteiger partial charge on any atom is 0.163 e. The van der Waals surface area contributed by atoms with E-state index in [1.54, 1.807) is 364 Å². The van der Waals surface area contributed by atoms with Crippen LogP contribution in [0.5, 0.6) is 0 Å². The lowest BCUT2D eigenvalue weighted by atomic mass is 9.80. The highest BCUT2D eigenvalue weighted by atomic mass is 33.5. The minimum Gasteiger partial charge on any atom is -0.348 e. The van der Waals surface area contributed by atoms with Gasteiger partial charge >= 0.3 is 0 Å². The Labute approximate surface area is 708 Å². The topological polar surface area (TPSA) is 62.8 Å². The van der Waals surface area contributed by atoms with Crippen molar-refractivity contribution in [3.8, 4) is 0 Å². The molecule has 2 atom stereocenters. The number of benzene rings is 3. The summed E-state index contributed by atoms with van der Waals surface area (Å²) < 4.78 is 0. The van der Waals surface area contributed by atoms with Crippen LogP contribution in [0.2, 0.25) is 0 Å². The molecule has 3 aromatic carbocycles. The Hall–Kier alpha value is 7.43. The van der Waals surface area contributed by atoms with Crippen molar-refractivity contribution in [2.45, 2.75) is 103 Å². The number of carbonyl (C=O) groups is 2. The van der Waals surface area contributed by atoms with E-state index in [-0.39, 0.29) is 0 Å². The Balaban J connectivity index is 0.000000388. The second-order valence-corrected chi connectivity index (χ2v) is 95.4. The molecule has 0 saturated carbocycles. The first-order valence-electron chi connectivity index (χ1n) is 24.1. The number of fused-ring (bicyclic) bond motifs is 3. The molecule has 1 N–H and O–H groups in total. The van der Waals surface area contributed by atoms with E-state index in [0.29, 0.717) is 24.0 Å². The van der Waals surface area contributed by atoms with Gasteiger partial charge < -0.3 is 9.78 Å². The van der Waals surface area contributed by atoms with E-state index in [1.165, 1.54) is 131 Å². The Kier molecular flexibility index (Phi) is 76.0. The molecule has 7 rings (SSSR count). The van der Waals surface area contributed by atoms with Gasteiger partial charge in [0.25, 0.3) is 0 Å². The molecular weight excluding hydrogens is 2160 g/mol. The molecule has 0 radical (unpaired) electrons. The number of carbonyl (C=O) groups excluding carboxylic acids is 2. The summed E-state index contributed by atoms with van der Waals surface area (Å²) in [7, 11) is 76.1. The number of nitrogens with zero attached hydrogens (tertiary/aromatic N) is 1. The number of nitrogens with one attached hydrogen (secondary N) is 1. The molecule has 1 aromatic heterocycles. The molecule has 3 aliphatic carbocycles. The van der Waals surface area contributed by atoms with E-state index in [1.807, 2.05) is 19.2 Å². The number of aldehydes is 1. The highest BCUT2D eigenvalue weighted by molar-refractivity contribution is 8.80. The number of rotatable bonds is 4. The monoisotopic (exact) mass is 2200 g/mol. The van der Waals surface area contributed by atoms with E-state index < -0.39 is 0 Å².